The maximum absolute atomic E-state index is 14.2. The van der Waals surface area contributed by atoms with Crippen LogP contribution in [0.25, 0.3) is 10.2 Å². The number of amides is 3. The van der Waals surface area contributed by atoms with Crippen LogP contribution in [0.5, 0.6) is 0 Å². The molecule has 3 heterocycles. The van der Waals surface area contributed by atoms with E-state index in [0.717, 1.165) is 15.9 Å². The molecule has 282 valence electrons. The Morgan fingerprint density at radius 3 is 2.02 bits per heavy atom. The first-order chi connectivity index (χ1) is 26.2. The Bertz CT molecular complexity index is 2220. The fourth-order valence-electron chi connectivity index (χ4n) is 7.03. The minimum Gasteiger partial charge on any atom is -0.477 e. The molecule has 2 aliphatic heterocycles. The number of alkyl carbamates (subject to hydrolysis) is 1. The Morgan fingerprint density at radius 2 is 1.49 bits per heavy atom. The number of carboxylic acid groups (broad SMARTS) is 1. The number of nitrogens with zero attached hydrogens (tertiary/aromatic N) is 2. The monoisotopic (exact) mass is 795 g/mol. The number of carboxylic acids is 1. The zero-order valence-electron chi connectivity index (χ0n) is 30.3. The molecule has 0 saturated carbocycles. The second-order valence-electron chi connectivity index (χ2n) is 14.3. The number of fused-ring (bicyclic) bond motifs is 2. The third kappa shape index (κ3) is 7.18. The van der Waals surface area contributed by atoms with E-state index in [1.54, 1.807) is 39.0 Å². The molecule has 0 bridgehead atoms. The highest BCUT2D eigenvalue weighted by Gasteiger charge is 2.57. The third-order valence-electron chi connectivity index (χ3n) is 9.47. The van der Waals surface area contributed by atoms with Crippen LogP contribution >= 0.6 is 30.4 Å². The number of thioether (sulfide) groups is 1. The van der Waals surface area contributed by atoms with Crippen molar-refractivity contribution in [1.82, 2.24) is 20.5 Å². The quantitative estimate of drug-likeness (QED) is 0.0777. The molecular formula is C40H40N6O6PS2+. The van der Waals surface area contributed by atoms with Crippen LogP contribution in [0.4, 0.5) is 9.93 Å². The van der Waals surface area contributed by atoms with Crippen LogP contribution in [-0.2, 0) is 24.8 Å². The topological polar surface area (TPSA) is 190 Å². The van der Waals surface area contributed by atoms with Crippen LogP contribution < -0.4 is 38.0 Å². The van der Waals surface area contributed by atoms with E-state index in [9.17, 15) is 24.3 Å². The molecule has 0 radical (unpaired) electrons. The van der Waals surface area contributed by atoms with Crippen molar-refractivity contribution in [2.45, 2.75) is 43.5 Å². The van der Waals surface area contributed by atoms with Crippen LogP contribution in [0.15, 0.2) is 120 Å². The first-order valence-corrected chi connectivity index (χ1v) is 21.3. The lowest BCUT2D eigenvalue weighted by Gasteiger charge is -2.50. The molecule has 1 aromatic heterocycles. The minimum absolute atomic E-state index is 0.0921. The number of nitrogen functional groups attached to an aromatic ring is 1. The summed E-state index contributed by atoms with van der Waals surface area (Å²) in [7, 11) is -2.50. The number of ether oxygens (including phenoxy) is 1. The fourth-order valence-corrected chi connectivity index (χ4v) is 13.6. The summed E-state index contributed by atoms with van der Waals surface area (Å²) in [6, 6.07) is 33.9. The van der Waals surface area contributed by atoms with Crippen molar-refractivity contribution in [1.29, 1.82) is 0 Å². The van der Waals surface area contributed by atoms with Crippen molar-refractivity contribution in [2.75, 3.05) is 17.6 Å². The van der Waals surface area contributed by atoms with Crippen molar-refractivity contribution < 1.29 is 29.0 Å². The van der Waals surface area contributed by atoms with Gasteiger partial charge in [0.15, 0.2) is 10.8 Å². The number of hydrogen-bond acceptors (Lipinski definition) is 10. The summed E-state index contributed by atoms with van der Waals surface area (Å²) < 4.78 is 6.08. The summed E-state index contributed by atoms with van der Waals surface area (Å²) >= 11 is 2.55. The number of anilines is 1. The van der Waals surface area contributed by atoms with Gasteiger partial charge in [-0.25, -0.2) is 14.6 Å². The zero-order chi connectivity index (χ0) is 39.1. The maximum atomic E-state index is 14.2. The van der Waals surface area contributed by atoms with E-state index < -0.39 is 53.8 Å². The molecule has 1 saturated heterocycles. The Morgan fingerprint density at radius 1 is 0.927 bits per heavy atom. The van der Waals surface area contributed by atoms with Gasteiger partial charge < -0.3 is 20.9 Å². The van der Waals surface area contributed by atoms with Crippen LogP contribution in [0, 0.1) is 0 Å². The SMILES string of the molecule is CC(C)(C)OC(=O)NC(N)(C(=O)NC1C(=O)N2C(C(=O)O)=C(C[P+](c3ccccc3)(c3ccccc3)c3ccccc3)CS[C@@H]12)c1ccc2nc(N)sc2c1. The van der Waals surface area contributed by atoms with Crippen molar-refractivity contribution in [3.63, 3.8) is 0 Å². The molecule has 7 rings (SSSR count). The lowest BCUT2D eigenvalue weighted by molar-refractivity contribution is -0.151. The van der Waals surface area contributed by atoms with Gasteiger partial charge in [0.05, 0.1) is 16.4 Å². The normalized spacial score (nSPS) is 18.2. The molecular weight excluding hydrogens is 756 g/mol. The summed E-state index contributed by atoms with van der Waals surface area (Å²) in [5, 5.41) is 18.8. The lowest BCUT2D eigenvalue weighted by Crippen LogP contribution is -2.74. The second kappa shape index (κ2) is 14.8. The highest BCUT2D eigenvalue weighted by atomic mass is 32.2. The Kier molecular flexibility index (Phi) is 10.2. The molecule has 0 aliphatic carbocycles. The van der Waals surface area contributed by atoms with E-state index in [4.69, 9.17) is 16.2 Å². The van der Waals surface area contributed by atoms with Gasteiger partial charge in [-0.05, 0) is 69.3 Å². The summed E-state index contributed by atoms with van der Waals surface area (Å²) in [5.74, 6) is -2.43. The number of carbonyl (C=O) groups is 4. The number of thiazole rings is 1. The third-order valence-corrected chi connectivity index (χ3v) is 16.1. The first-order valence-electron chi connectivity index (χ1n) is 17.4. The number of hydrogen-bond donors (Lipinski definition) is 5. The van der Waals surface area contributed by atoms with Crippen molar-refractivity contribution in [3.8, 4) is 0 Å². The first kappa shape index (κ1) is 38.0. The summed E-state index contributed by atoms with van der Waals surface area (Å²) in [5.41, 5.74) is 10.9. The molecule has 0 spiro atoms. The minimum atomic E-state index is -2.50. The predicted molar refractivity (Wildman–Crippen MR) is 219 cm³/mol. The van der Waals surface area contributed by atoms with Gasteiger partial charge in [-0.3, -0.25) is 25.5 Å². The number of rotatable bonds is 10. The Hall–Kier alpha value is -5.27. The van der Waals surface area contributed by atoms with Gasteiger partial charge in [-0.1, -0.05) is 72.0 Å². The summed E-state index contributed by atoms with van der Waals surface area (Å²) in [6.07, 6.45) is -0.575. The number of β-lactam (4-membered cyclic amide) rings is 1. The number of aliphatic carboxylic acids is 1. The predicted octanol–water partition coefficient (Wildman–Crippen LogP) is 4.25. The van der Waals surface area contributed by atoms with Gasteiger partial charge in [-0.15, -0.1) is 11.8 Å². The number of aromatic nitrogens is 1. The van der Waals surface area contributed by atoms with Gasteiger partial charge >= 0.3 is 12.1 Å². The van der Waals surface area contributed by atoms with Crippen molar-refractivity contribution in [3.05, 3.63) is 126 Å². The smallest absolute Gasteiger partial charge is 0.409 e. The zero-order valence-corrected chi connectivity index (χ0v) is 32.8. The molecule has 3 atom stereocenters. The van der Waals surface area contributed by atoms with Gasteiger partial charge in [0.2, 0.25) is 0 Å². The van der Waals surface area contributed by atoms with Crippen molar-refractivity contribution in [2.24, 2.45) is 5.73 Å². The van der Waals surface area contributed by atoms with Crippen LogP contribution in [0.2, 0.25) is 0 Å². The molecule has 12 nitrogen and oxygen atoms in total. The molecule has 5 aromatic rings. The second-order valence-corrected chi connectivity index (χ2v) is 19.9. The van der Waals surface area contributed by atoms with E-state index in [1.165, 1.54) is 28.0 Å². The number of carbonyl (C=O) groups excluding carboxylic acids is 3. The van der Waals surface area contributed by atoms with Crippen LogP contribution in [-0.4, -0.2) is 67.8 Å². The molecule has 55 heavy (non-hydrogen) atoms. The average Bonchev–Trinajstić information content (AvgIpc) is 3.55. The molecule has 7 N–H and O–H groups in total. The fraction of sp³-hybridized carbons (Fsp3) is 0.225. The maximum Gasteiger partial charge on any atom is 0.409 e. The van der Waals surface area contributed by atoms with Crippen LogP contribution in [0.1, 0.15) is 26.3 Å². The van der Waals surface area contributed by atoms with E-state index in [-0.39, 0.29) is 11.3 Å². The molecule has 1 fully saturated rings. The lowest BCUT2D eigenvalue weighted by atomic mass is 9.96. The summed E-state index contributed by atoms with van der Waals surface area (Å²) in [4.78, 5) is 60.1. The van der Waals surface area contributed by atoms with E-state index in [1.807, 2.05) is 54.6 Å². The van der Waals surface area contributed by atoms with Gasteiger partial charge in [0.25, 0.3) is 11.8 Å². The molecule has 4 aromatic carbocycles. The highest BCUT2D eigenvalue weighted by Crippen LogP contribution is 2.58. The van der Waals surface area contributed by atoms with Crippen molar-refractivity contribution >= 4 is 85.5 Å². The van der Waals surface area contributed by atoms with Gasteiger partial charge in [0, 0.05) is 16.9 Å². The standard InChI is InChI=1S/C40H39N6O6PS2/c1-39(2,3)52-38(51)45-40(42,25-19-20-29-30(21-25)55-37(41)43-29)36(50)44-31-33(47)46-32(35(48)49)24(23-54-34(31)46)22-53(26-13-7-4-8-14-26,27-15-9-5-10-16-27)28-17-11-6-12-18-28/h4-21,31,34H,22-23,42H2,1-3H3,(H4-,41,43,44,45,48,49,50,51)/p+1/t31?,34-,40?/m0/s1. The van der Waals surface area contributed by atoms with Gasteiger partial charge in [-0.2, -0.15) is 0 Å². The number of nitrogens with one attached hydrogen (secondary N) is 2. The Labute approximate surface area is 326 Å². The van der Waals surface area contributed by atoms with E-state index in [0.29, 0.717) is 32.8 Å². The number of benzene rings is 4. The summed E-state index contributed by atoms with van der Waals surface area (Å²) in [6.45, 7) is 5.02. The van der Waals surface area contributed by atoms with Gasteiger partial charge in [0.1, 0.15) is 45.9 Å². The molecule has 3 amide bonds. The molecule has 2 aliphatic rings. The molecule has 2 unspecified atom stereocenters. The number of nitrogens with two attached hydrogens (primary N) is 2. The van der Waals surface area contributed by atoms with E-state index in [2.05, 4.69) is 52.0 Å². The Balaban J connectivity index is 1.23. The van der Waals surface area contributed by atoms with E-state index >= 15 is 0 Å². The average molecular weight is 796 g/mol. The largest absolute Gasteiger partial charge is 0.477 e. The molecule has 15 heteroatoms. The van der Waals surface area contributed by atoms with Crippen LogP contribution in [0.3, 0.4) is 0 Å². The highest BCUT2D eigenvalue weighted by molar-refractivity contribution is 8.00.